The Morgan fingerprint density at radius 3 is 2.37 bits per heavy atom. The van der Waals surface area contributed by atoms with Crippen molar-refractivity contribution in [1.82, 2.24) is 10.6 Å². The number of ether oxygens (including phenoxy) is 1. The van der Waals surface area contributed by atoms with Gasteiger partial charge in [0.05, 0.1) is 6.04 Å². The number of amides is 2. The van der Waals surface area contributed by atoms with E-state index in [1.807, 2.05) is 0 Å². The number of alkyl carbamates (subject to hydrolysis) is 1. The third-order valence-corrected chi connectivity index (χ3v) is 5.47. The van der Waals surface area contributed by atoms with E-state index in [9.17, 15) is 18.4 Å². The highest BCUT2D eigenvalue weighted by Crippen LogP contribution is 2.23. The lowest BCUT2D eigenvalue weighted by Crippen LogP contribution is -2.42. The Kier molecular flexibility index (Phi) is 8.67. The Balaban J connectivity index is 1.69. The highest BCUT2D eigenvalue weighted by molar-refractivity contribution is 6.31. The minimum Gasteiger partial charge on any atom is -0.444 e. The van der Waals surface area contributed by atoms with E-state index in [1.165, 1.54) is 6.07 Å². The van der Waals surface area contributed by atoms with Gasteiger partial charge in [-0.2, -0.15) is 0 Å². The molecule has 0 atom stereocenters. The second kappa shape index (κ2) is 11.5. The molecule has 3 N–H and O–H groups in total. The van der Waals surface area contributed by atoms with E-state index in [4.69, 9.17) is 16.3 Å². The number of carbonyl (C=O) groups is 2. The summed E-state index contributed by atoms with van der Waals surface area (Å²) in [5.41, 5.74) is -0.0186. The largest absolute Gasteiger partial charge is 0.444 e. The van der Waals surface area contributed by atoms with Gasteiger partial charge in [0.15, 0.2) is 11.6 Å². The van der Waals surface area contributed by atoms with Gasteiger partial charge in [-0.05, 0) is 82.9 Å². The topological polar surface area (TPSA) is 91.8 Å². The van der Waals surface area contributed by atoms with Crippen LogP contribution in [0.4, 0.5) is 19.3 Å². The number of guanidine groups is 1. The molecule has 0 aliphatic heterocycles. The Labute approximate surface area is 208 Å². The quantitative estimate of drug-likeness (QED) is 0.369. The van der Waals surface area contributed by atoms with Crippen molar-refractivity contribution in [2.75, 3.05) is 5.32 Å². The third kappa shape index (κ3) is 8.51. The first kappa shape index (κ1) is 26.4. The summed E-state index contributed by atoms with van der Waals surface area (Å²) in [6, 6.07) is 9.64. The predicted molar refractivity (Wildman–Crippen MR) is 132 cm³/mol. The summed E-state index contributed by atoms with van der Waals surface area (Å²) in [7, 11) is 0. The highest BCUT2D eigenvalue weighted by atomic mass is 35.5. The van der Waals surface area contributed by atoms with Gasteiger partial charge in [-0.1, -0.05) is 17.7 Å². The summed E-state index contributed by atoms with van der Waals surface area (Å²) in [6.07, 6.45) is 2.26. The molecule has 2 aromatic rings. The third-order valence-electron chi connectivity index (χ3n) is 5.23. The van der Waals surface area contributed by atoms with E-state index in [-0.39, 0.29) is 23.6 Å². The molecule has 35 heavy (non-hydrogen) atoms. The predicted octanol–water partition coefficient (Wildman–Crippen LogP) is 5.65. The molecule has 0 aromatic heterocycles. The van der Waals surface area contributed by atoms with Crippen molar-refractivity contribution in [3.8, 4) is 0 Å². The van der Waals surface area contributed by atoms with E-state index in [0.717, 1.165) is 12.1 Å². The first-order chi connectivity index (χ1) is 16.5. The van der Waals surface area contributed by atoms with Gasteiger partial charge >= 0.3 is 6.09 Å². The minimum absolute atomic E-state index is 0.0302. The average molecular weight is 507 g/mol. The van der Waals surface area contributed by atoms with E-state index in [1.54, 1.807) is 45.0 Å². The van der Waals surface area contributed by atoms with Crippen molar-refractivity contribution in [3.05, 3.63) is 64.7 Å². The maximum absolute atomic E-state index is 13.6. The number of benzene rings is 2. The number of rotatable bonds is 4. The fourth-order valence-electron chi connectivity index (χ4n) is 3.62. The van der Waals surface area contributed by atoms with Crippen LogP contribution in [0, 0.1) is 11.6 Å². The summed E-state index contributed by atoms with van der Waals surface area (Å²) >= 11 is 6.06. The van der Waals surface area contributed by atoms with Crippen LogP contribution < -0.4 is 16.0 Å². The lowest BCUT2D eigenvalue weighted by Gasteiger charge is -2.29. The average Bonchev–Trinajstić information content (AvgIpc) is 2.75. The van der Waals surface area contributed by atoms with Crippen LogP contribution in [-0.2, 0) is 4.74 Å². The number of nitrogens with zero attached hydrogens (tertiary/aromatic N) is 1. The first-order valence-corrected chi connectivity index (χ1v) is 11.7. The van der Waals surface area contributed by atoms with Crippen LogP contribution in [0.2, 0.25) is 5.02 Å². The molecule has 1 aliphatic carbocycles. The van der Waals surface area contributed by atoms with Crippen molar-refractivity contribution >= 4 is 35.2 Å². The van der Waals surface area contributed by atoms with Gasteiger partial charge in [-0.3, -0.25) is 10.1 Å². The molecular formula is C25H29ClF2N4O3. The molecule has 1 fully saturated rings. The molecule has 3 rings (SSSR count). The zero-order valence-electron chi connectivity index (χ0n) is 19.8. The van der Waals surface area contributed by atoms with Crippen LogP contribution in [0.25, 0.3) is 0 Å². The molecule has 1 aliphatic rings. The minimum atomic E-state index is -1.12. The number of nitrogens with one attached hydrogen (secondary N) is 3. The molecule has 10 heteroatoms. The lowest BCUT2D eigenvalue weighted by molar-refractivity contribution is 0.0491. The Morgan fingerprint density at radius 1 is 1.03 bits per heavy atom. The summed E-state index contributed by atoms with van der Waals surface area (Å²) in [5, 5.41) is 9.06. The lowest BCUT2D eigenvalue weighted by atomic mass is 9.91. The molecule has 1 saturated carbocycles. The number of anilines is 1. The van der Waals surface area contributed by atoms with Crippen molar-refractivity contribution in [1.29, 1.82) is 0 Å². The van der Waals surface area contributed by atoms with Crippen LogP contribution in [0.1, 0.15) is 56.8 Å². The molecule has 2 aromatic carbocycles. The number of carbonyl (C=O) groups excluding carboxylic acids is 2. The smallest absolute Gasteiger partial charge is 0.407 e. The molecule has 0 radical (unpaired) electrons. The van der Waals surface area contributed by atoms with Crippen LogP contribution in [0.5, 0.6) is 0 Å². The summed E-state index contributed by atoms with van der Waals surface area (Å²) in [5.74, 6) is -2.64. The van der Waals surface area contributed by atoms with Crippen molar-refractivity contribution in [2.45, 2.75) is 64.1 Å². The Bertz CT molecular complexity index is 1100. The maximum Gasteiger partial charge on any atom is 0.407 e. The summed E-state index contributed by atoms with van der Waals surface area (Å²) in [6.45, 7) is 5.42. The molecule has 0 spiro atoms. The summed E-state index contributed by atoms with van der Waals surface area (Å²) < 4.78 is 32.2. The van der Waals surface area contributed by atoms with Crippen molar-refractivity contribution in [2.24, 2.45) is 4.99 Å². The van der Waals surface area contributed by atoms with E-state index in [2.05, 4.69) is 20.9 Å². The second-order valence-corrected chi connectivity index (χ2v) is 9.78. The monoisotopic (exact) mass is 506 g/mol. The maximum atomic E-state index is 13.6. The van der Waals surface area contributed by atoms with Gasteiger partial charge in [0.2, 0.25) is 5.96 Å². The standard InChI is InChI=1S/C25H29ClF2N4O3/c1-25(2,3)35-24(34)31-18-10-8-17(9-11-18)29-23(30-19-6-4-5-16(26)14-19)32-22(33)15-7-12-20(27)21(28)13-15/h4-7,12-14,17-18H,8-11H2,1-3H3,(H,31,34)(H2,29,30,32,33). The van der Waals surface area contributed by atoms with Crippen LogP contribution >= 0.6 is 11.6 Å². The molecule has 7 nitrogen and oxygen atoms in total. The Hall–Kier alpha value is -3.20. The molecule has 0 saturated heterocycles. The number of hydrogen-bond donors (Lipinski definition) is 3. The fourth-order valence-corrected chi connectivity index (χ4v) is 3.81. The van der Waals surface area contributed by atoms with Crippen LogP contribution in [0.3, 0.4) is 0 Å². The number of aliphatic imine (C=N–C) groups is 1. The van der Waals surface area contributed by atoms with Gasteiger partial charge in [0.1, 0.15) is 5.60 Å². The normalized spacial score (nSPS) is 18.5. The molecule has 188 valence electrons. The number of halogens is 3. The fraction of sp³-hybridized carbons (Fsp3) is 0.400. The van der Waals surface area contributed by atoms with E-state index < -0.39 is 29.2 Å². The van der Waals surface area contributed by atoms with Crippen LogP contribution in [-0.4, -0.2) is 35.6 Å². The van der Waals surface area contributed by atoms with Gasteiger partial charge in [-0.15, -0.1) is 0 Å². The second-order valence-electron chi connectivity index (χ2n) is 9.35. The Morgan fingerprint density at radius 2 is 1.74 bits per heavy atom. The van der Waals surface area contributed by atoms with Crippen molar-refractivity contribution in [3.63, 3.8) is 0 Å². The van der Waals surface area contributed by atoms with Crippen LogP contribution in [0.15, 0.2) is 47.5 Å². The summed E-state index contributed by atoms with van der Waals surface area (Å²) in [4.78, 5) is 29.4. The first-order valence-electron chi connectivity index (χ1n) is 11.3. The van der Waals surface area contributed by atoms with E-state index >= 15 is 0 Å². The SMILES string of the molecule is CC(C)(C)OC(=O)NC1CCC(N=C(NC(=O)c2ccc(F)c(F)c2)Nc2cccc(Cl)c2)CC1. The molecule has 0 heterocycles. The molecular weight excluding hydrogens is 478 g/mol. The molecule has 0 unspecified atom stereocenters. The zero-order valence-corrected chi connectivity index (χ0v) is 20.6. The number of hydrogen-bond acceptors (Lipinski definition) is 4. The van der Waals surface area contributed by atoms with Crippen molar-refractivity contribution < 1.29 is 23.1 Å². The van der Waals surface area contributed by atoms with Gasteiger partial charge < -0.3 is 15.4 Å². The molecule has 0 bridgehead atoms. The molecule has 2 amide bonds. The highest BCUT2D eigenvalue weighted by Gasteiger charge is 2.25. The van der Waals surface area contributed by atoms with Gasteiger partial charge in [0, 0.05) is 22.3 Å². The van der Waals surface area contributed by atoms with Gasteiger partial charge in [0.25, 0.3) is 5.91 Å². The van der Waals surface area contributed by atoms with E-state index in [0.29, 0.717) is 36.4 Å². The van der Waals surface area contributed by atoms with Gasteiger partial charge in [-0.25, -0.2) is 18.6 Å². The zero-order chi connectivity index (χ0) is 25.6.